The smallest absolute Gasteiger partial charge is 0.184 e. The van der Waals surface area contributed by atoms with Crippen LogP contribution in [0.15, 0.2) is 0 Å². The van der Waals surface area contributed by atoms with E-state index in [4.69, 9.17) is 19.3 Å². The van der Waals surface area contributed by atoms with Crippen LogP contribution >= 0.6 is 0 Å². The molecule has 1 unspecified atom stereocenters. The fourth-order valence-electron chi connectivity index (χ4n) is 1.39. The van der Waals surface area contributed by atoms with Crippen LogP contribution < -0.4 is 0 Å². The van der Waals surface area contributed by atoms with E-state index in [1.54, 1.807) is 0 Å². The van der Waals surface area contributed by atoms with Gasteiger partial charge in [-0.25, -0.2) is 0 Å². The van der Waals surface area contributed by atoms with Crippen molar-refractivity contribution in [3.63, 3.8) is 0 Å². The van der Waals surface area contributed by atoms with Crippen LogP contribution in [0.2, 0.25) is 0 Å². The number of hydrogen-bond acceptors (Lipinski definition) is 5. The average molecular weight is 178 g/mol. The standard InChI is InChI=1S/C7H14O5/c1-10-5-4(3-8)12-7(9)6(5)11-2/h4-9H,3H2,1-2H3/t4-,5?,6+,7-/m1/s1. The summed E-state index contributed by atoms with van der Waals surface area (Å²) in [6.45, 7) is -0.185. The van der Waals surface area contributed by atoms with Gasteiger partial charge in [0.05, 0.1) is 6.61 Å². The Morgan fingerprint density at radius 1 is 1.25 bits per heavy atom. The number of methoxy groups -OCH3 is 2. The van der Waals surface area contributed by atoms with Crippen molar-refractivity contribution >= 4 is 0 Å². The second-order valence-corrected chi connectivity index (χ2v) is 2.65. The van der Waals surface area contributed by atoms with Crippen LogP contribution in [-0.4, -0.2) is 55.6 Å². The third-order valence-electron chi connectivity index (χ3n) is 2.01. The van der Waals surface area contributed by atoms with Crippen molar-refractivity contribution < 1.29 is 24.4 Å². The van der Waals surface area contributed by atoms with E-state index in [9.17, 15) is 5.11 Å². The minimum Gasteiger partial charge on any atom is -0.394 e. The third kappa shape index (κ3) is 1.60. The molecule has 12 heavy (non-hydrogen) atoms. The highest BCUT2D eigenvalue weighted by atomic mass is 16.7. The Labute approximate surface area is 70.9 Å². The molecule has 1 fully saturated rings. The maximum atomic E-state index is 9.25. The molecule has 72 valence electrons. The van der Waals surface area contributed by atoms with Gasteiger partial charge in [-0.3, -0.25) is 0 Å². The molecule has 5 heteroatoms. The molecule has 0 aromatic carbocycles. The molecule has 1 rings (SSSR count). The third-order valence-corrected chi connectivity index (χ3v) is 2.01. The zero-order valence-electron chi connectivity index (χ0n) is 7.14. The van der Waals surface area contributed by atoms with E-state index >= 15 is 0 Å². The predicted octanol–water partition coefficient (Wildman–Crippen LogP) is -1.27. The van der Waals surface area contributed by atoms with E-state index in [0.717, 1.165) is 0 Å². The molecule has 1 aliphatic rings. The van der Waals surface area contributed by atoms with Gasteiger partial charge in [0, 0.05) is 14.2 Å². The summed E-state index contributed by atoms with van der Waals surface area (Å²) in [5, 5.41) is 18.1. The summed E-state index contributed by atoms with van der Waals surface area (Å²) >= 11 is 0. The Bertz CT molecular complexity index is 140. The molecular weight excluding hydrogens is 164 g/mol. The zero-order valence-corrected chi connectivity index (χ0v) is 7.14. The van der Waals surface area contributed by atoms with Gasteiger partial charge >= 0.3 is 0 Å². The van der Waals surface area contributed by atoms with Gasteiger partial charge in [-0.15, -0.1) is 0 Å². The van der Waals surface area contributed by atoms with Gasteiger partial charge < -0.3 is 24.4 Å². The minimum atomic E-state index is -1.02. The molecule has 2 N–H and O–H groups in total. The van der Waals surface area contributed by atoms with Crippen molar-refractivity contribution in [2.75, 3.05) is 20.8 Å². The number of rotatable bonds is 3. The number of aliphatic hydroxyl groups excluding tert-OH is 2. The first-order chi connectivity index (χ1) is 5.74. The molecule has 4 atom stereocenters. The molecule has 1 heterocycles. The van der Waals surface area contributed by atoms with Gasteiger partial charge in [0.2, 0.25) is 0 Å². The largest absolute Gasteiger partial charge is 0.394 e. The van der Waals surface area contributed by atoms with Gasteiger partial charge in [-0.05, 0) is 0 Å². The van der Waals surface area contributed by atoms with Crippen molar-refractivity contribution in [1.29, 1.82) is 0 Å². The van der Waals surface area contributed by atoms with Crippen LogP contribution in [-0.2, 0) is 14.2 Å². The minimum absolute atomic E-state index is 0.185. The Morgan fingerprint density at radius 2 is 1.83 bits per heavy atom. The van der Waals surface area contributed by atoms with E-state index in [0.29, 0.717) is 0 Å². The van der Waals surface area contributed by atoms with E-state index in [-0.39, 0.29) is 6.61 Å². The summed E-state index contributed by atoms with van der Waals surface area (Å²) in [5.41, 5.74) is 0. The lowest BCUT2D eigenvalue weighted by Gasteiger charge is -2.18. The number of hydrogen-bond donors (Lipinski definition) is 2. The van der Waals surface area contributed by atoms with Gasteiger partial charge in [0.15, 0.2) is 6.29 Å². The quantitative estimate of drug-likeness (QED) is 0.563. The van der Waals surface area contributed by atoms with Crippen LogP contribution in [0.5, 0.6) is 0 Å². The lowest BCUT2D eigenvalue weighted by molar-refractivity contribution is -0.140. The highest BCUT2D eigenvalue weighted by Crippen LogP contribution is 2.23. The van der Waals surface area contributed by atoms with Crippen LogP contribution in [0.25, 0.3) is 0 Å². The summed E-state index contributed by atoms with van der Waals surface area (Å²) in [6.07, 6.45) is -2.45. The molecule has 0 aromatic heterocycles. The van der Waals surface area contributed by atoms with Crippen molar-refractivity contribution in [3.8, 4) is 0 Å². The molecule has 0 spiro atoms. The van der Waals surface area contributed by atoms with E-state index < -0.39 is 24.6 Å². The van der Waals surface area contributed by atoms with Crippen LogP contribution in [0.1, 0.15) is 0 Å². The SMILES string of the molecule is COC1[C@@H](CO)O[C@@H](O)[C@H]1OC. The molecule has 5 nitrogen and oxygen atoms in total. The van der Waals surface area contributed by atoms with Gasteiger partial charge in [0.25, 0.3) is 0 Å². The van der Waals surface area contributed by atoms with Crippen LogP contribution in [0.3, 0.4) is 0 Å². The maximum Gasteiger partial charge on any atom is 0.184 e. The first kappa shape index (κ1) is 9.88. The Hall–Kier alpha value is -0.200. The van der Waals surface area contributed by atoms with E-state index in [2.05, 4.69) is 0 Å². The lowest BCUT2D eigenvalue weighted by atomic mass is 10.1. The summed E-state index contributed by atoms with van der Waals surface area (Å²) in [4.78, 5) is 0. The van der Waals surface area contributed by atoms with E-state index in [1.807, 2.05) is 0 Å². The fraction of sp³-hybridized carbons (Fsp3) is 1.00. The summed E-state index contributed by atoms with van der Waals surface area (Å²) in [7, 11) is 2.95. The summed E-state index contributed by atoms with van der Waals surface area (Å²) in [6, 6.07) is 0. The van der Waals surface area contributed by atoms with Gasteiger partial charge in [-0.2, -0.15) is 0 Å². The Morgan fingerprint density at radius 3 is 2.25 bits per heavy atom. The van der Waals surface area contributed by atoms with Crippen molar-refractivity contribution in [2.24, 2.45) is 0 Å². The Kier molecular flexibility index (Phi) is 3.42. The number of ether oxygens (including phenoxy) is 3. The molecule has 1 aliphatic heterocycles. The predicted molar refractivity (Wildman–Crippen MR) is 39.6 cm³/mol. The van der Waals surface area contributed by atoms with Crippen LogP contribution in [0.4, 0.5) is 0 Å². The number of aliphatic hydroxyl groups is 2. The summed E-state index contributed by atoms with van der Waals surface area (Å²) in [5.74, 6) is 0. The van der Waals surface area contributed by atoms with Gasteiger partial charge in [-0.1, -0.05) is 0 Å². The van der Waals surface area contributed by atoms with Crippen molar-refractivity contribution in [3.05, 3.63) is 0 Å². The van der Waals surface area contributed by atoms with Crippen molar-refractivity contribution in [1.82, 2.24) is 0 Å². The first-order valence-electron chi connectivity index (χ1n) is 3.74. The molecule has 0 amide bonds. The highest BCUT2D eigenvalue weighted by molar-refractivity contribution is 4.87. The Balaban J connectivity index is 2.61. The molecule has 0 saturated carbocycles. The van der Waals surface area contributed by atoms with E-state index in [1.165, 1.54) is 14.2 Å². The zero-order chi connectivity index (χ0) is 9.14. The average Bonchev–Trinajstić information content (AvgIpc) is 2.40. The molecule has 1 saturated heterocycles. The molecular formula is C7H14O5. The topological polar surface area (TPSA) is 68.2 Å². The molecule has 0 aliphatic carbocycles. The fourth-order valence-corrected chi connectivity index (χ4v) is 1.39. The lowest BCUT2D eigenvalue weighted by Crippen LogP contribution is -2.37. The van der Waals surface area contributed by atoms with Gasteiger partial charge in [0.1, 0.15) is 18.3 Å². The second kappa shape index (κ2) is 4.15. The maximum absolute atomic E-state index is 9.25. The summed E-state index contributed by atoms with van der Waals surface area (Å²) < 4.78 is 14.9. The monoisotopic (exact) mass is 178 g/mol. The second-order valence-electron chi connectivity index (χ2n) is 2.65. The first-order valence-corrected chi connectivity index (χ1v) is 3.74. The molecule has 0 radical (unpaired) electrons. The normalized spacial score (nSPS) is 42.0. The highest BCUT2D eigenvalue weighted by Gasteiger charge is 2.44. The molecule has 0 bridgehead atoms. The van der Waals surface area contributed by atoms with Crippen LogP contribution in [0, 0.1) is 0 Å². The molecule has 0 aromatic rings. The van der Waals surface area contributed by atoms with Crippen molar-refractivity contribution in [2.45, 2.75) is 24.6 Å².